The van der Waals surface area contributed by atoms with Crippen molar-refractivity contribution in [1.29, 1.82) is 0 Å². The molecule has 0 amide bonds. The van der Waals surface area contributed by atoms with E-state index in [1.807, 2.05) is 24.3 Å². The van der Waals surface area contributed by atoms with Crippen LogP contribution in [0.3, 0.4) is 0 Å². The van der Waals surface area contributed by atoms with Gasteiger partial charge in [0.15, 0.2) is 0 Å². The summed E-state index contributed by atoms with van der Waals surface area (Å²) in [6.45, 7) is 0. The summed E-state index contributed by atoms with van der Waals surface area (Å²) in [5.41, 5.74) is 4.78. The Kier molecular flexibility index (Phi) is 4.83. The zero-order valence-electron chi connectivity index (χ0n) is 14.6. The van der Waals surface area contributed by atoms with Gasteiger partial charge in [-0.3, -0.25) is 0 Å². The molecule has 4 aromatic rings. The highest BCUT2D eigenvalue weighted by Gasteiger charge is 2.11. The molecular weight excluding hydrogens is 318 g/mol. The Morgan fingerprint density at radius 3 is 1.65 bits per heavy atom. The Morgan fingerprint density at radius 2 is 1.12 bits per heavy atom. The summed E-state index contributed by atoms with van der Waals surface area (Å²) < 4.78 is 5.42. The van der Waals surface area contributed by atoms with Crippen LogP contribution in [0.5, 0.6) is 0 Å². The highest BCUT2D eigenvalue weighted by atomic mass is 16.3. The average Bonchev–Trinajstić information content (AvgIpc) is 3.23. The molecule has 1 aromatic heterocycles. The van der Waals surface area contributed by atoms with Gasteiger partial charge in [-0.25, -0.2) is 0 Å². The minimum absolute atomic E-state index is 0.924. The van der Waals surface area contributed by atoms with Gasteiger partial charge in [0.05, 0.1) is 6.26 Å². The largest absolute Gasteiger partial charge is 0.469 e. The van der Waals surface area contributed by atoms with Crippen LogP contribution < -0.4 is 4.90 Å². The van der Waals surface area contributed by atoms with Gasteiger partial charge in [0.1, 0.15) is 5.76 Å². The molecule has 0 fully saturated rings. The quantitative estimate of drug-likeness (QED) is 0.397. The number of hydrogen-bond acceptors (Lipinski definition) is 2. The Bertz CT molecular complexity index is 874. The van der Waals surface area contributed by atoms with Gasteiger partial charge in [-0.1, -0.05) is 48.5 Å². The molecule has 26 heavy (non-hydrogen) atoms. The summed E-state index contributed by atoms with van der Waals surface area (Å²) in [6, 6.07) is 33.7. The molecule has 0 unspecified atom stereocenters. The predicted molar refractivity (Wildman–Crippen MR) is 107 cm³/mol. The third-order valence-corrected chi connectivity index (χ3v) is 4.46. The van der Waals surface area contributed by atoms with Crippen molar-refractivity contribution < 1.29 is 4.42 Å². The topological polar surface area (TPSA) is 16.4 Å². The lowest BCUT2D eigenvalue weighted by Crippen LogP contribution is -2.09. The number of rotatable bonds is 6. The average molecular weight is 339 g/mol. The van der Waals surface area contributed by atoms with Crippen LogP contribution in [-0.4, -0.2) is 0 Å². The van der Waals surface area contributed by atoms with Crippen LogP contribution >= 0.6 is 0 Å². The van der Waals surface area contributed by atoms with Crippen LogP contribution in [0.2, 0.25) is 0 Å². The SMILES string of the molecule is c1ccc(N(c2ccccc2)c2ccc(CCc3ccco3)cc2)cc1. The first-order chi connectivity index (χ1) is 12.9. The standard InChI is InChI=1S/C24H21NO/c1-3-8-21(9-4-1)25(22-10-5-2-6-11-22)23-16-13-20(14-17-23)15-18-24-12-7-19-26-24/h1-14,16-17,19H,15,18H2. The fourth-order valence-electron chi connectivity index (χ4n) is 3.14. The van der Waals surface area contributed by atoms with Gasteiger partial charge in [-0.2, -0.15) is 0 Å². The summed E-state index contributed by atoms with van der Waals surface area (Å²) in [5.74, 6) is 1.03. The lowest BCUT2D eigenvalue weighted by molar-refractivity contribution is 0.508. The number of aryl methyl sites for hydroxylation is 2. The second-order valence-corrected chi connectivity index (χ2v) is 6.25. The lowest BCUT2D eigenvalue weighted by atomic mass is 10.1. The molecule has 3 aromatic carbocycles. The van der Waals surface area contributed by atoms with Gasteiger partial charge in [0.2, 0.25) is 0 Å². The molecule has 0 radical (unpaired) electrons. The molecule has 0 spiro atoms. The molecule has 0 aliphatic heterocycles. The van der Waals surface area contributed by atoms with E-state index in [9.17, 15) is 0 Å². The second kappa shape index (κ2) is 7.75. The number of hydrogen-bond donors (Lipinski definition) is 0. The van der Waals surface area contributed by atoms with Crippen molar-refractivity contribution in [3.63, 3.8) is 0 Å². The molecule has 0 saturated carbocycles. The molecule has 0 aliphatic carbocycles. The molecule has 4 rings (SSSR count). The van der Waals surface area contributed by atoms with Crippen molar-refractivity contribution in [3.05, 3.63) is 115 Å². The Hall–Kier alpha value is -3.26. The van der Waals surface area contributed by atoms with Crippen LogP contribution in [-0.2, 0) is 12.8 Å². The van der Waals surface area contributed by atoms with Gasteiger partial charge in [-0.15, -0.1) is 0 Å². The van der Waals surface area contributed by atoms with E-state index < -0.39 is 0 Å². The van der Waals surface area contributed by atoms with E-state index in [2.05, 4.69) is 77.7 Å². The molecule has 0 saturated heterocycles. The van der Waals surface area contributed by atoms with Crippen LogP contribution in [0.4, 0.5) is 17.1 Å². The van der Waals surface area contributed by atoms with E-state index in [4.69, 9.17) is 4.42 Å². The summed E-state index contributed by atoms with van der Waals surface area (Å²) in [4.78, 5) is 2.27. The molecule has 0 aliphatic rings. The van der Waals surface area contributed by atoms with Crippen molar-refractivity contribution in [2.75, 3.05) is 4.90 Å². The molecule has 0 bridgehead atoms. The lowest BCUT2D eigenvalue weighted by Gasteiger charge is -2.25. The highest BCUT2D eigenvalue weighted by Crippen LogP contribution is 2.34. The van der Waals surface area contributed by atoms with Gasteiger partial charge in [-0.05, 0) is 60.5 Å². The van der Waals surface area contributed by atoms with E-state index >= 15 is 0 Å². The van der Waals surface area contributed by atoms with Crippen molar-refractivity contribution in [2.45, 2.75) is 12.8 Å². The minimum Gasteiger partial charge on any atom is -0.469 e. The van der Waals surface area contributed by atoms with E-state index in [-0.39, 0.29) is 0 Å². The molecule has 1 heterocycles. The van der Waals surface area contributed by atoms with E-state index in [0.29, 0.717) is 0 Å². The van der Waals surface area contributed by atoms with Crippen molar-refractivity contribution >= 4 is 17.1 Å². The van der Waals surface area contributed by atoms with Crippen molar-refractivity contribution in [1.82, 2.24) is 0 Å². The molecule has 0 N–H and O–H groups in total. The number of nitrogens with zero attached hydrogens (tertiary/aromatic N) is 1. The predicted octanol–water partition coefficient (Wildman–Crippen LogP) is 6.53. The maximum Gasteiger partial charge on any atom is 0.104 e. The summed E-state index contributed by atoms with van der Waals surface area (Å²) in [5, 5.41) is 0. The zero-order chi connectivity index (χ0) is 17.6. The fraction of sp³-hybridized carbons (Fsp3) is 0.0833. The maximum atomic E-state index is 5.42. The van der Waals surface area contributed by atoms with Gasteiger partial charge < -0.3 is 9.32 Å². The molecule has 2 heteroatoms. The highest BCUT2D eigenvalue weighted by molar-refractivity contribution is 5.76. The molecule has 0 atom stereocenters. The smallest absolute Gasteiger partial charge is 0.104 e. The number of benzene rings is 3. The van der Waals surface area contributed by atoms with Crippen molar-refractivity contribution in [3.8, 4) is 0 Å². The first kappa shape index (κ1) is 16.2. The van der Waals surface area contributed by atoms with Gasteiger partial charge in [0.25, 0.3) is 0 Å². The van der Waals surface area contributed by atoms with Crippen molar-refractivity contribution in [2.24, 2.45) is 0 Å². The Morgan fingerprint density at radius 1 is 0.538 bits per heavy atom. The van der Waals surface area contributed by atoms with Crippen LogP contribution in [0.15, 0.2) is 108 Å². The van der Waals surface area contributed by atoms with E-state index in [1.165, 1.54) is 5.56 Å². The Balaban J connectivity index is 1.60. The summed E-state index contributed by atoms with van der Waals surface area (Å²) >= 11 is 0. The summed E-state index contributed by atoms with van der Waals surface area (Å²) in [6.07, 6.45) is 3.63. The normalized spacial score (nSPS) is 10.6. The fourth-order valence-corrected chi connectivity index (χ4v) is 3.14. The number of anilines is 3. The second-order valence-electron chi connectivity index (χ2n) is 6.25. The first-order valence-corrected chi connectivity index (χ1v) is 8.92. The molecule has 128 valence electrons. The van der Waals surface area contributed by atoms with Crippen LogP contribution in [0, 0.1) is 0 Å². The van der Waals surface area contributed by atoms with Crippen LogP contribution in [0.25, 0.3) is 0 Å². The Labute approximate surface area is 154 Å². The van der Waals surface area contributed by atoms with E-state index in [1.54, 1.807) is 6.26 Å². The van der Waals surface area contributed by atoms with Gasteiger partial charge >= 0.3 is 0 Å². The minimum atomic E-state index is 0.924. The van der Waals surface area contributed by atoms with Crippen LogP contribution in [0.1, 0.15) is 11.3 Å². The third kappa shape index (κ3) is 3.70. The number of furan rings is 1. The monoisotopic (exact) mass is 339 g/mol. The zero-order valence-corrected chi connectivity index (χ0v) is 14.6. The maximum absolute atomic E-state index is 5.42. The third-order valence-electron chi connectivity index (χ3n) is 4.46. The number of para-hydroxylation sites is 2. The summed E-state index contributed by atoms with van der Waals surface area (Å²) in [7, 11) is 0. The van der Waals surface area contributed by atoms with Gasteiger partial charge in [0, 0.05) is 23.5 Å². The molecule has 2 nitrogen and oxygen atoms in total. The molecular formula is C24H21NO. The van der Waals surface area contributed by atoms with E-state index in [0.717, 1.165) is 35.7 Å². The first-order valence-electron chi connectivity index (χ1n) is 8.92.